The van der Waals surface area contributed by atoms with Crippen molar-refractivity contribution in [2.75, 3.05) is 37.0 Å². The Balaban J connectivity index is 1.46. The van der Waals surface area contributed by atoms with Gasteiger partial charge in [-0.25, -0.2) is 4.39 Å². The molecule has 0 aliphatic carbocycles. The second-order valence-corrected chi connectivity index (χ2v) is 7.08. The van der Waals surface area contributed by atoms with Crippen LogP contribution in [0.3, 0.4) is 0 Å². The van der Waals surface area contributed by atoms with Crippen LogP contribution in [0.25, 0.3) is 0 Å². The molecule has 0 radical (unpaired) electrons. The van der Waals surface area contributed by atoms with Gasteiger partial charge >= 0.3 is 0 Å². The van der Waals surface area contributed by atoms with Crippen molar-refractivity contribution in [2.45, 2.75) is 6.42 Å². The molecular formula is C19H21ClFN3OS. The van der Waals surface area contributed by atoms with Crippen LogP contribution in [0, 0.1) is 11.7 Å². The Kier molecular flexibility index (Phi) is 6.16. The molecular weight excluding hydrogens is 373 g/mol. The Morgan fingerprint density at radius 2 is 2.08 bits per heavy atom. The quantitative estimate of drug-likeness (QED) is 0.741. The molecule has 0 amide bonds. The summed E-state index contributed by atoms with van der Waals surface area (Å²) in [7, 11) is 1.67. The maximum atomic E-state index is 13.2. The summed E-state index contributed by atoms with van der Waals surface area (Å²) in [5.41, 5.74) is 1.87. The third-order valence-electron chi connectivity index (χ3n) is 4.45. The largest absolute Gasteiger partial charge is 0.497 e. The summed E-state index contributed by atoms with van der Waals surface area (Å²) < 4.78 is 18.4. The molecule has 1 aliphatic heterocycles. The summed E-state index contributed by atoms with van der Waals surface area (Å²) in [6, 6.07) is 12.6. The summed E-state index contributed by atoms with van der Waals surface area (Å²) in [5, 5.41) is 6.85. The van der Waals surface area contributed by atoms with Crippen molar-refractivity contribution in [2.24, 2.45) is 5.92 Å². The van der Waals surface area contributed by atoms with Gasteiger partial charge in [-0.15, -0.1) is 0 Å². The van der Waals surface area contributed by atoms with E-state index in [-0.39, 0.29) is 5.02 Å². The zero-order chi connectivity index (χ0) is 18.5. The minimum atomic E-state index is -0.444. The Bertz CT molecular complexity index is 772. The Morgan fingerprint density at radius 3 is 2.77 bits per heavy atom. The van der Waals surface area contributed by atoms with Gasteiger partial charge in [-0.1, -0.05) is 11.6 Å². The number of hydrogen-bond acceptors (Lipinski definition) is 3. The van der Waals surface area contributed by atoms with Gasteiger partial charge in [0, 0.05) is 31.0 Å². The minimum Gasteiger partial charge on any atom is -0.497 e. The van der Waals surface area contributed by atoms with Crippen molar-refractivity contribution in [1.29, 1.82) is 0 Å². The molecule has 1 heterocycles. The predicted octanol–water partition coefficient (Wildman–Crippen LogP) is 4.30. The van der Waals surface area contributed by atoms with Gasteiger partial charge in [-0.05, 0) is 67.0 Å². The van der Waals surface area contributed by atoms with Gasteiger partial charge < -0.3 is 20.3 Å². The minimum absolute atomic E-state index is 0.0729. The second kappa shape index (κ2) is 8.56. The molecule has 0 bridgehead atoms. The standard InChI is InChI=1S/C19H21ClFN3OS/c1-25-16-5-3-15(4-6-16)24-9-8-13(12-24)11-22-19(26)23-14-2-7-18(21)17(20)10-14/h2-7,10,13H,8-9,11-12H2,1H3,(H2,22,23,26)/t13-/m0/s1. The van der Waals surface area contributed by atoms with Gasteiger partial charge in [-0.2, -0.15) is 0 Å². The molecule has 4 nitrogen and oxygen atoms in total. The molecule has 138 valence electrons. The van der Waals surface area contributed by atoms with Crippen molar-refractivity contribution in [1.82, 2.24) is 5.32 Å². The highest BCUT2D eigenvalue weighted by atomic mass is 35.5. The first-order valence-corrected chi connectivity index (χ1v) is 9.22. The third kappa shape index (κ3) is 4.77. The van der Waals surface area contributed by atoms with Gasteiger partial charge in [0.25, 0.3) is 0 Å². The molecule has 1 saturated heterocycles. The van der Waals surface area contributed by atoms with E-state index in [0.29, 0.717) is 16.7 Å². The summed E-state index contributed by atoms with van der Waals surface area (Å²) in [4.78, 5) is 2.36. The third-order valence-corrected chi connectivity index (χ3v) is 4.99. The molecule has 1 aliphatic rings. The summed E-state index contributed by atoms with van der Waals surface area (Å²) >= 11 is 11.1. The zero-order valence-corrected chi connectivity index (χ0v) is 16.0. The van der Waals surface area contributed by atoms with Gasteiger partial charge in [0.2, 0.25) is 0 Å². The van der Waals surface area contributed by atoms with Crippen LogP contribution in [0.1, 0.15) is 6.42 Å². The number of hydrogen-bond donors (Lipinski definition) is 2. The van der Waals surface area contributed by atoms with Crippen LogP contribution in [0.15, 0.2) is 42.5 Å². The van der Waals surface area contributed by atoms with E-state index in [1.807, 2.05) is 12.1 Å². The number of nitrogens with zero attached hydrogens (tertiary/aromatic N) is 1. The second-order valence-electron chi connectivity index (χ2n) is 6.26. The molecule has 1 fully saturated rings. The first-order valence-electron chi connectivity index (χ1n) is 8.44. The Hall–Kier alpha value is -2.05. The van der Waals surface area contributed by atoms with E-state index in [4.69, 9.17) is 28.6 Å². The highest BCUT2D eigenvalue weighted by Crippen LogP contribution is 2.25. The number of methoxy groups -OCH3 is 1. The van der Waals surface area contributed by atoms with Crippen LogP contribution in [0.5, 0.6) is 5.75 Å². The molecule has 2 N–H and O–H groups in total. The monoisotopic (exact) mass is 393 g/mol. The van der Waals surface area contributed by atoms with E-state index in [0.717, 1.165) is 31.8 Å². The lowest BCUT2D eigenvalue weighted by atomic mass is 10.1. The lowest BCUT2D eigenvalue weighted by Crippen LogP contribution is -2.34. The van der Waals surface area contributed by atoms with Crippen LogP contribution >= 0.6 is 23.8 Å². The average molecular weight is 394 g/mol. The topological polar surface area (TPSA) is 36.5 Å². The molecule has 2 aromatic carbocycles. The maximum Gasteiger partial charge on any atom is 0.170 e. The fraction of sp³-hybridized carbons (Fsp3) is 0.316. The van der Waals surface area contributed by atoms with Gasteiger partial charge in [0.15, 0.2) is 5.11 Å². The molecule has 0 spiro atoms. The fourth-order valence-electron chi connectivity index (χ4n) is 3.01. The Labute approximate surface area is 163 Å². The summed E-state index contributed by atoms with van der Waals surface area (Å²) in [6.45, 7) is 2.78. The van der Waals surface area contributed by atoms with E-state index >= 15 is 0 Å². The van der Waals surface area contributed by atoms with Crippen molar-refractivity contribution < 1.29 is 9.13 Å². The molecule has 7 heteroatoms. The smallest absolute Gasteiger partial charge is 0.170 e. The van der Waals surface area contributed by atoms with Crippen molar-refractivity contribution in [3.8, 4) is 5.75 Å². The van der Waals surface area contributed by atoms with Crippen LogP contribution in [-0.2, 0) is 0 Å². The normalized spacial score (nSPS) is 16.4. The van der Waals surface area contributed by atoms with Crippen LogP contribution in [-0.4, -0.2) is 31.9 Å². The molecule has 0 unspecified atom stereocenters. The molecule has 3 rings (SSSR count). The van der Waals surface area contributed by atoms with E-state index in [2.05, 4.69) is 27.7 Å². The predicted molar refractivity (Wildman–Crippen MR) is 109 cm³/mol. The molecule has 26 heavy (non-hydrogen) atoms. The average Bonchev–Trinajstić information content (AvgIpc) is 3.12. The molecule has 1 atom stereocenters. The highest BCUT2D eigenvalue weighted by Gasteiger charge is 2.22. The number of ether oxygens (including phenoxy) is 1. The number of nitrogens with one attached hydrogen (secondary N) is 2. The first kappa shape index (κ1) is 18.7. The number of benzene rings is 2. The SMILES string of the molecule is COc1ccc(N2CC[C@@H](CNC(=S)Nc3ccc(F)c(Cl)c3)C2)cc1. The molecule has 0 aromatic heterocycles. The summed E-state index contributed by atoms with van der Waals surface area (Å²) in [6.07, 6.45) is 1.10. The molecule has 0 saturated carbocycles. The zero-order valence-electron chi connectivity index (χ0n) is 14.5. The highest BCUT2D eigenvalue weighted by molar-refractivity contribution is 7.80. The first-order chi connectivity index (χ1) is 12.5. The van der Waals surface area contributed by atoms with Crippen LogP contribution in [0.4, 0.5) is 15.8 Å². The van der Waals surface area contributed by atoms with Crippen molar-refractivity contribution >= 4 is 40.3 Å². The number of anilines is 2. The fourth-order valence-corrected chi connectivity index (χ4v) is 3.39. The molecule has 2 aromatic rings. The number of halogens is 2. The number of rotatable bonds is 5. The lowest BCUT2D eigenvalue weighted by Gasteiger charge is -2.19. The number of thiocarbonyl (C=S) groups is 1. The van der Waals surface area contributed by atoms with E-state index in [9.17, 15) is 4.39 Å². The Morgan fingerprint density at radius 1 is 1.31 bits per heavy atom. The summed E-state index contributed by atoms with van der Waals surface area (Å²) in [5.74, 6) is 0.929. The van der Waals surface area contributed by atoms with Gasteiger partial charge in [0.05, 0.1) is 12.1 Å². The van der Waals surface area contributed by atoms with E-state index in [1.54, 1.807) is 13.2 Å². The van der Waals surface area contributed by atoms with Gasteiger partial charge in [-0.3, -0.25) is 0 Å². The van der Waals surface area contributed by atoms with E-state index < -0.39 is 5.82 Å². The van der Waals surface area contributed by atoms with Crippen LogP contribution < -0.4 is 20.3 Å². The van der Waals surface area contributed by atoms with Crippen LogP contribution in [0.2, 0.25) is 5.02 Å². The van der Waals surface area contributed by atoms with Gasteiger partial charge in [0.1, 0.15) is 11.6 Å². The van der Waals surface area contributed by atoms with Crippen molar-refractivity contribution in [3.05, 3.63) is 53.3 Å². The lowest BCUT2D eigenvalue weighted by molar-refractivity contribution is 0.415. The van der Waals surface area contributed by atoms with Crippen molar-refractivity contribution in [3.63, 3.8) is 0 Å². The maximum absolute atomic E-state index is 13.2. The van der Waals surface area contributed by atoms with E-state index in [1.165, 1.54) is 17.8 Å².